The summed E-state index contributed by atoms with van der Waals surface area (Å²) in [7, 11) is 7.76. The number of aryl methyl sites for hydroxylation is 1. The minimum Gasteiger partial charge on any atom is -0.493 e. The van der Waals surface area contributed by atoms with Gasteiger partial charge in [-0.05, 0) is 91.6 Å². The van der Waals surface area contributed by atoms with E-state index < -0.39 is 24.0 Å². The summed E-state index contributed by atoms with van der Waals surface area (Å²) < 4.78 is 44.7. The zero-order chi connectivity index (χ0) is 39.0. The summed E-state index contributed by atoms with van der Waals surface area (Å²) in [6.07, 6.45) is 2.76. The number of rotatable bonds is 20. The Labute approximate surface area is 331 Å². The number of nitrogens with zero attached hydrogens (tertiary/aromatic N) is 1. The monoisotopic (exact) mass is 862 g/mol. The van der Waals surface area contributed by atoms with Crippen molar-refractivity contribution < 1.29 is 50.6 Å². The first kappa shape index (κ1) is 42.3. The van der Waals surface area contributed by atoms with E-state index in [1.165, 1.54) is 21.3 Å². The molecule has 4 rings (SSSR count). The van der Waals surface area contributed by atoms with Crippen LogP contribution in [0.25, 0.3) is 0 Å². The summed E-state index contributed by atoms with van der Waals surface area (Å²) in [4.78, 5) is 42.6. The van der Waals surface area contributed by atoms with Gasteiger partial charge < -0.3 is 46.4 Å². The number of ether oxygens (including phenoxy) is 7. The van der Waals surface area contributed by atoms with Gasteiger partial charge in [-0.1, -0.05) is 25.1 Å². The first-order valence-corrected chi connectivity index (χ1v) is 18.8. The van der Waals surface area contributed by atoms with E-state index in [1.54, 1.807) is 72.5 Å². The average molecular weight is 863 g/mol. The predicted molar refractivity (Wildman–Crippen MR) is 210 cm³/mol. The number of piperidine rings is 1. The third kappa shape index (κ3) is 11.1. The molecule has 1 N–H and O–H groups in total. The van der Waals surface area contributed by atoms with Gasteiger partial charge in [-0.15, -0.1) is 0 Å². The highest BCUT2D eigenvalue weighted by Crippen LogP contribution is 2.41. The van der Waals surface area contributed by atoms with Crippen LogP contribution in [0, 0.1) is 0 Å². The second-order valence-corrected chi connectivity index (χ2v) is 13.3. The number of methoxy groups -OCH3 is 5. The summed E-state index contributed by atoms with van der Waals surface area (Å²) in [5.74, 6) is 1.48. The molecule has 3 aromatic rings. The topological polar surface area (TPSA) is 140 Å². The van der Waals surface area contributed by atoms with Crippen molar-refractivity contribution in [2.75, 3.05) is 61.9 Å². The van der Waals surface area contributed by atoms with Crippen LogP contribution in [0.2, 0.25) is 0 Å². The lowest BCUT2D eigenvalue weighted by atomic mass is 9.91. The molecule has 3 atom stereocenters. The molecular formula is C40H51IN2O11. The normalized spacial score (nSPS) is 15.0. The van der Waals surface area contributed by atoms with Crippen LogP contribution in [0.1, 0.15) is 67.7 Å². The largest absolute Gasteiger partial charge is 0.493 e. The van der Waals surface area contributed by atoms with Crippen LogP contribution in [-0.4, -0.2) is 90.6 Å². The van der Waals surface area contributed by atoms with Crippen molar-refractivity contribution in [3.63, 3.8) is 0 Å². The SMILES string of the molecule is CC[C@H](C(=O)N1CCCC[C@H]1C(=O)O[C@H](CCc1ccc(OC)c(OC)c1)c1cccc(OCC(=O)NCCOI)c1)c1cc(OC)c(OC)c(OC)c1. The summed E-state index contributed by atoms with van der Waals surface area (Å²) in [5.41, 5.74) is 2.35. The van der Waals surface area contributed by atoms with Gasteiger partial charge in [-0.2, -0.15) is 0 Å². The molecule has 0 unspecified atom stereocenters. The summed E-state index contributed by atoms with van der Waals surface area (Å²) in [6, 6.07) is 15.6. The van der Waals surface area contributed by atoms with Crippen molar-refractivity contribution in [1.29, 1.82) is 0 Å². The van der Waals surface area contributed by atoms with E-state index in [0.717, 1.165) is 18.4 Å². The Morgan fingerprint density at radius 2 is 1.57 bits per heavy atom. The molecule has 1 heterocycles. The summed E-state index contributed by atoms with van der Waals surface area (Å²) >= 11 is 1.77. The van der Waals surface area contributed by atoms with Gasteiger partial charge in [0.2, 0.25) is 11.7 Å². The smallest absolute Gasteiger partial charge is 0.329 e. The minimum absolute atomic E-state index is 0.172. The molecule has 1 aliphatic heterocycles. The standard InChI is InChI=1S/C40H51IN2O11/c1-7-30(28-23-35(49-4)38(51-6)36(24-28)50-5)39(45)43-19-9-8-13-31(43)40(46)54-32(16-14-26-15-17-33(47-2)34(21-26)48-3)27-11-10-12-29(22-27)52-25-37(44)42-18-20-53-41/h10-12,15,17,21-24,30-32H,7-9,13-14,16,18-20,25H2,1-6H3,(H,42,44)/t30-,31-,32+/m0/s1. The average Bonchev–Trinajstić information content (AvgIpc) is 3.21. The highest BCUT2D eigenvalue weighted by Gasteiger charge is 2.38. The minimum atomic E-state index is -0.777. The van der Waals surface area contributed by atoms with E-state index in [4.69, 9.17) is 36.2 Å². The van der Waals surface area contributed by atoms with Crippen LogP contribution in [0.3, 0.4) is 0 Å². The molecule has 13 nitrogen and oxygen atoms in total. The summed E-state index contributed by atoms with van der Waals surface area (Å²) in [6.45, 7) is 2.91. The Kier molecular flexibility index (Phi) is 16.8. The molecule has 3 aromatic carbocycles. The fraction of sp³-hybridized carbons (Fsp3) is 0.475. The number of nitrogens with one attached hydrogen (secondary N) is 1. The number of carbonyl (C=O) groups excluding carboxylic acids is 3. The van der Waals surface area contributed by atoms with Crippen LogP contribution in [0.5, 0.6) is 34.5 Å². The number of benzene rings is 3. The molecule has 0 spiro atoms. The van der Waals surface area contributed by atoms with Crippen molar-refractivity contribution in [3.05, 3.63) is 71.3 Å². The first-order valence-electron chi connectivity index (χ1n) is 18.0. The highest BCUT2D eigenvalue weighted by molar-refractivity contribution is 14.1. The Hall–Kier alpha value is -4.44. The molecule has 0 bridgehead atoms. The van der Waals surface area contributed by atoms with Crippen LogP contribution in [0.15, 0.2) is 54.6 Å². The first-order chi connectivity index (χ1) is 26.2. The van der Waals surface area contributed by atoms with Crippen molar-refractivity contribution >= 4 is 40.8 Å². The molecular weight excluding hydrogens is 811 g/mol. The lowest BCUT2D eigenvalue weighted by Crippen LogP contribution is -2.50. The number of likely N-dealkylation sites (tertiary alicyclic amines) is 1. The third-order valence-corrected chi connectivity index (χ3v) is 9.80. The number of esters is 1. The Bertz CT molecular complexity index is 1680. The van der Waals surface area contributed by atoms with Gasteiger partial charge in [0.15, 0.2) is 29.6 Å². The van der Waals surface area contributed by atoms with Crippen molar-refractivity contribution in [3.8, 4) is 34.5 Å². The van der Waals surface area contributed by atoms with Crippen molar-refractivity contribution in [1.82, 2.24) is 10.2 Å². The van der Waals surface area contributed by atoms with Crippen LogP contribution < -0.4 is 33.7 Å². The van der Waals surface area contributed by atoms with Crippen LogP contribution >= 0.6 is 23.0 Å². The van der Waals surface area contributed by atoms with Gasteiger partial charge >= 0.3 is 5.97 Å². The van der Waals surface area contributed by atoms with Crippen LogP contribution in [0.4, 0.5) is 0 Å². The number of amides is 2. The lowest BCUT2D eigenvalue weighted by Gasteiger charge is -2.37. The molecule has 14 heteroatoms. The van der Waals surface area contributed by atoms with Crippen molar-refractivity contribution in [2.45, 2.75) is 63.5 Å². The van der Waals surface area contributed by atoms with E-state index in [9.17, 15) is 14.4 Å². The molecule has 1 fully saturated rings. The number of halogens is 1. The van der Waals surface area contributed by atoms with E-state index in [0.29, 0.717) is 91.0 Å². The molecule has 1 saturated heterocycles. The van der Waals surface area contributed by atoms with Gasteiger partial charge in [-0.3, -0.25) is 9.59 Å². The summed E-state index contributed by atoms with van der Waals surface area (Å²) in [5, 5.41) is 2.73. The van der Waals surface area contributed by atoms with Gasteiger partial charge in [-0.25, -0.2) is 4.79 Å². The quantitative estimate of drug-likeness (QED) is 0.0769. The maximum absolute atomic E-state index is 14.4. The highest BCUT2D eigenvalue weighted by atomic mass is 127. The molecule has 294 valence electrons. The van der Waals surface area contributed by atoms with Gasteiger partial charge in [0.25, 0.3) is 5.91 Å². The third-order valence-electron chi connectivity index (χ3n) is 9.36. The lowest BCUT2D eigenvalue weighted by molar-refractivity contribution is -0.162. The maximum Gasteiger partial charge on any atom is 0.329 e. The van der Waals surface area contributed by atoms with Crippen molar-refractivity contribution in [2.24, 2.45) is 0 Å². The fourth-order valence-corrected chi connectivity index (χ4v) is 6.80. The number of carbonyl (C=O) groups is 3. The maximum atomic E-state index is 14.4. The molecule has 0 saturated carbocycles. The van der Waals surface area contributed by atoms with Gasteiger partial charge in [0, 0.05) is 13.1 Å². The van der Waals surface area contributed by atoms with E-state index >= 15 is 0 Å². The Morgan fingerprint density at radius 1 is 0.852 bits per heavy atom. The number of hydrogen-bond acceptors (Lipinski definition) is 11. The second kappa shape index (κ2) is 21.4. The van der Waals surface area contributed by atoms with E-state index in [2.05, 4.69) is 5.32 Å². The zero-order valence-electron chi connectivity index (χ0n) is 31.8. The molecule has 1 aliphatic rings. The zero-order valence-corrected chi connectivity index (χ0v) is 34.0. The molecule has 0 aromatic heterocycles. The molecule has 0 aliphatic carbocycles. The Balaban J connectivity index is 1.59. The van der Waals surface area contributed by atoms with E-state index in [1.807, 2.05) is 31.2 Å². The molecule has 2 amide bonds. The second-order valence-electron chi connectivity index (χ2n) is 12.6. The van der Waals surface area contributed by atoms with Gasteiger partial charge in [0.1, 0.15) is 40.9 Å². The Morgan fingerprint density at radius 3 is 2.22 bits per heavy atom. The predicted octanol–water partition coefficient (Wildman–Crippen LogP) is 6.38. The number of hydrogen-bond donors (Lipinski definition) is 1. The van der Waals surface area contributed by atoms with E-state index in [-0.39, 0.29) is 18.4 Å². The molecule has 54 heavy (non-hydrogen) atoms. The molecule has 0 radical (unpaired) electrons. The van der Waals surface area contributed by atoms with Gasteiger partial charge in [0.05, 0.1) is 48.1 Å². The fourth-order valence-electron chi connectivity index (χ4n) is 6.58. The van der Waals surface area contributed by atoms with Crippen LogP contribution in [-0.2, 0) is 28.6 Å².